The summed E-state index contributed by atoms with van der Waals surface area (Å²) < 4.78 is 0. The van der Waals surface area contributed by atoms with Crippen LogP contribution in [0.25, 0.3) is 0 Å². The molecule has 0 aliphatic rings. The molecule has 0 atom stereocenters. The lowest BCUT2D eigenvalue weighted by Gasteiger charge is -1.92. The molecule has 7 nitrogen and oxygen atoms in total. The predicted octanol–water partition coefficient (Wildman–Crippen LogP) is -1.15. The fourth-order valence-corrected chi connectivity index (χ4v) is 0.841. The molecule has 7 heteroatoms. The summed E-state index contributed by atoms with van der Waals surface area (Å²) in [6.45, 7) is 0. The van der Waals surface area contributed by atoms with Crippen LogP contribution in [0.3, 0.4) is 0 Å². The number of aromatic amines is 1. The maximum absolute atomic E-state index is 8.67. The number of nitrogens with one attached hydrogen (secondary N) is 3. The first-order chi connectivity index (χ1) is 6.07. The average molecular weight is 177 g/mol. The van der Waals surface area contributed by atoms with Crippen molar-refractivity contribution in [3.8, 4) is 6.07 Å². The lowest BCUT2D eigenvalue weighted by Crippen LogP contribution is -2.15. The van der Waals surface area contributed by atoms with Gasteiger partial charge in [0.05, 0.1) is 0 Å². The highest BCUT2D eigenvalue weighted by Crippen LogP contribution is 2.08. The molecule has 0 saturated heterocycles. The second-order valence-corrected chi connectivity index (χ2v) is 2.26. The summed E-state index contributed by atoms with van der Waals surface area (Å²) in [4.78, 5) is 0. The second kappa shape index (κ2) is 2.94. The second-order valence-electron chi connectivity index (χ2n) is 2.26. The van der Waals surface area contributed by atoms with Gasteiger partial charge in [0.1, 0.15) is 34.7 Å². The Morgan fingerprint density at radius 1 is 1.38 bits per heavy atom. The van der Waals surface area contributed by atoms with E-state index >= 15 is 0 Å². The van der Waals surface area contributed by atoms with Gasteiger partial charge >= 0.3 is 0 Å². The monoisotopic (exact) mass is 177 g/mol. The van der Waals surface area contributed by atoms with E-state index in [0.29, 0.717) is 0 Å². The third-order valence-electron chi connectivity index (χ3n) is 1.40. The molecule has 0 aromatic carbocycles. The van der Waals surface area contributed by atoms with Gasteiger partial charge in [-0.1, -0.05) is 0 Å². The molecule has 1 aromatic rings. The molecule has 0 aliphatic carbocycles. The van der Waals surface area contributed by atoms with Crippen molar-refractivity contribution in [3.63, 3.8) is 0 Å². The molecule has 1 heterocycles. The van der Waals surface area contributed by atoms with Crippen molar-refractivity contribution in [1.29, 1.82) is 16.1 Å². The molecule has 0 fully saturated rings. The molecule has 0 amide bonds. The molecule has 0 bridgehead atoms. The van der Waals surface area contributed by atoms with Gasteiger partial charge < -0.3 is 11.5 Å². The van der Waals surface area contributed by atoms with Crippen LogP contribution in [0.5, 0.6) is 0 Å². The van der Waals surface area contributed by atoms with Crippen LogP contribution in [0.2, 0.25) is 0 Å². The third-order valence-corrected chi connectivity index (χ3v) is 1.40. The number of nitriles is 1. The summed E-state index contributed by atoms with van der Waals surface area (Å²) in [5, 5.41) is 28.8. The van der Waals surface area contributed by atoms with Crippen LogP contribution in [-0.2, 0) is 0 Å². The summed E-state index contributed by atoms with van der Waals surface area (Å²) in [7, 11) is 0. The Balaban J connectivity index is 3.37. The number of hydrogen-bond donors (Lipinski definition) is 5. The fourth-order valence-electron chi connectivity index (χ4n) is 0.841. The zero-order valence-electron chi connectivity index (χ0n) is 6.55. The van der Waals surface area contributed by atoms with Crippen LogP contribution in [-0.4, -0.2) is 21.9 Å². The standard InChI is InChI=1S/C6H7N7/c7-1-2-3(5(8)9)12-13-4(2)6(10)11/h(H3,8,9)(H3,10,11)(H,12,13). The van der Waals surface area contributed by atoms with E-state index in [4.69, 9.17) is 27.5 Å². The largest absolute Gasteiger partial charge is 0.382 e. The topological polar surface area (TPSA) is 152 Å². The summed E-state index contributed by atoms with van der Waals surface area (Å²) in [5.74, 6) is -0.642. The van der Waals surface area contributed by atoms with Crippen LogP contribution >= 0.6 is 0 Å². The Labute approximate surface area is 73.4 Å². The van der Waals surface area contributed by atoms with Gasteiger partial charge in [-0.05, 0) is 0 Å². The van der Waals surface area contributed by atoms with Crippen molar-refractivity contribution in [3.05, 3.63) is 17.0 Å². The lowest BCUT2D eigenvalue weighted by atomic mass is 10.2. The number of H-pyrrole nitrogens is 1. The number of nitrogen functional groups attached to an aromatic ring is 2. The molecule has 13 heavy (non-hydrogen) atoms. The van der Waals surface area contributed by atoms with Gasteiger partial charge in [-0.2, -0.15) is 10.4 Å². The Bertz CT molecular complexity index is 376. The van der Waals surface area contributed by atoms with Gasteiger partial charge in [-0.3, -0.25) is 15.9 Å². The Hall–Kier alpha value is -2.36. The van der Waals surface area contributed by atoms with E-state index in [9.17, 15) is 0 Å². The SMILES string of the molecule is N#Cc1c(C(=N)N)n[nH]c1C(=N)N. The van der Waals surface area contributed by atoms with Gasteiger partial charge in [0.25, 0.3) is 0 Å². The zero-order valence-corrected chi connectivity index (χ0v) is 6.55. The minimum atomic E-state index is -0.333. The number of hydrogen-bond acceptors (Lipinski definition) is 4. The Morgan fingerprint density at radius 2 is 2.00 bits per heavy atom. The first kappa shape index (κ1) is 8.73. The number of nitrogens with two attached hydrogens (primary N) is 2. The Kier molecular flexibility index (Phi) is 1.98. The van der Waals surface area contributed by atoms with E-state index < -0.39 is 0 Å². The van der Waals surface area contributed by atoms with Crippen molar-refractivity contribution in [2.24, 2.45) is 11.5 Å². The minimum absolute atomic E-state index is 0.0210. The van der Waals surface area contributed by atoms with E-state index in [1.807, 2.05) is 0 Å². The maximum Gasteiger partial charge on any atom is 0.145 e. The smallest absolute Gasteiger partial charge is 0.145 e. The fraction of sp³-hybridized carbons (Fsp3) is 0. The maximum atomic E-state index is 8.67. The van der Waals surface area contributed by atoms with E-state index in [1.54, 1.807) is 6.07 Å². The van der Waals surface area contributed by atoms with Crippen LogP contribution in [0.4, 0.5) is 0 Å². The summed E-state index contributed by atoms with van der Waals surface area (Å²) >= 11 is 0. The summed E-state index contributed by atoms with van der Waals surface area (Å²) in [6, 6.07) is 1.77. The minimum Gasteiger partial charge on any atom is -0.382 e. The van der Waals surface area contributed by atoms with Crippen LogP contribution in [0, 0.1) is 22.1 Å². The van der Waals surface area contributed by atoms with Crippen LogP contribution in [0.1, 0.15) is 17.0 Å². The van der Waals surface area contributed by atoms with E-state index in [1.165, 1.54) is 0 Å². The molecule has 0 radical (unpaired) electrons. The molecule has 1 rings (SSSR count). The summed E-state index contributed by atoms with van der Waals surface area (Å²) in [6.07, 6.45) is 0. The van der Waals surface area contributed by atoms with Crippen LogP contribution < -0.4 is 11.5 Å². The summed E-state index contributed by atoms with van der Waals surface area (Å²) in [5.41, 5.74) is 10.4. The first-order valence-electron chi connectivity index (χ1n) is 3.25. The van der Waals surface area contributed by atoms with E-state index in [-0.39, 0.29) is 28.6 Å². The zero-order chi connectivity index (χ0) is 10.0. The predicted molar refractivity (Wildman–Crippen MR) is 45.3 cm³/mol. The number of rotatable bonds is 2. The quantitative estimate of drug-likeness (QED) is 0.286. The van der Waals surface area contributed by atoms with Gasteiger partial charge in [0.2, 0.25) is 0 Å². The molecular weight excluding hydrogens is 170 g/mol. The van der Waals surface area contributed by atoms with Gasteiger partial charge in [0.15, 0.2) is 0 Å². The lowest BCUT2D eigenvalue weighted by molar-refractivity contribution is 1.06. The van der Waals surface area contributed by atoms with Crippen molar-refractivity contribution >= 4 is 11.7 Å². The van der Waals surface area contributed by atoms with Gasteiger partial charge in [-0.15, -0.1) is 0 Å². The van der Waals surface area contributed by atoms with Gasteiger partial charge in [-0.25, -0.2) is 0 Å². The van der Waals surface area contributed by atoms with Crippen LogP contribution in [0.15, 0.2) is 0 Å². The first-order valence-corrected chi connectivity index (χ1v) is 3.25. The highest BCUT2D eigenvalue weighted by molar-refractivity contribution is 6.02. The molecule has 0 spiro atoms. The van der Waals surface area contributed by atoms with Crippen molar-refractivity contribution < 1.29 is 0 Å². The molecule has 0 aliphatic heterocycles. The average Bonchev–Trinajstić information content (AvgIpc) is 2.46. The molecule has 66 valence electrons. The number of amidine groups is 2. The van der Waals surface area contributed by atoms with Crippen molar-refractivity contribution in [2.45, 2.75) is 0 Å². The molecular formula is C6H7N7. The van der Waals surface area contributed by atoms with Gasteiger partial charge in [0, 0.05) is 0 Å². The number of nitrogens with zero attached hydrogens (tertiary/aromatic N) is 2. The van der Waals surface area contributed by atoms with Crippen molar-refractivity contribution in [1.82, 2.24) is 10.2 Å². The van der Waals surface area contributed by atoms with E-state index in [2.05, 4.69) is 10.2 Å². The third kappa shape index (κ3) is 1.32. The highest BCUT2D eigenvalue weighted by Gasteiger charge is 2.16. The Morgan fingerprint density at radius 3 is 2.38 bits per heavy atom. The normalized spacial score (nSPS) is 9.15. The molecule has 1 aromatic heterocycles. The molecule has 7 N–H and O–H groups in total. The number of aromatic nitrogens is 2. The molecule has 0 saturated carbocycles. The van der Waals surface area contributed by atoms with E-state index in [0.717, 1.165) is 0 Å². The molecule has 0 unspecified atom stereocenters. The highest BCUT2D eigenvalue weighted by atomic mass is 15.1. The van der Waals surface area contributed by atoms with Crippen molar-refractivity contribution in [2.75, 3.05) is 0 Å².